The average Bonchev–Trinajstić information content (AvgIpc) is 3.13. The van der Waals surface area contributed by atoms with E-state index in [9.17, 15) is 0 Å². The second-order valence-corrected chi connectivity index (χ2v) is 5.88. The molecule has 2 aromatic rings. The molecule has 1 aliphatic carbocycles. The first-order valence-corrected chi connectivity index (χ1v) is 7.17. The molecule has 0 atom stereocenters. The molecule has 3 rings (SSSR count). The molecule has 18 heavy (non-hydrogen) atoms. The lowest BCUT2D eigenvalue weighted by molar-refractivity contribution is 0.813. The minimum Gasteiger partial charge on any atom is -0.315 e. The molecular formula is C14H17N3S. The van der Waals surface area contributed by atoms with Gasteiger partial charge in [-0.05, 0) is 38.4 Å². The largest absolute Gasteiger partial charge is 0.315 e. The maximum absolute atomic E-state index is 4.84. The molecule has 2 aromatic heterocycles. The van der Waals surface area contributed by atoms with Crippen LogP contribution < -0.4 is 5.32 Å². The average molecular weight is 259 g/mol. The smallest absolute Gasteiger partial charge is 0.142 e. The Bertz CT molecular complexity index is 558. The van der Waals surface area contributed by atoms with Crippen molar-refractivity contribution in [2.75, 3.05) is 7.05 Å². The molecule has 1 saturated carbocycles. The van der Waals surface area contributed by atoms with Crippen LogP contribution in [0.5, 0.6) is 0 Å². The van der Waals surface area contributed by atoms with Gasteiger partial charge in [0.1, 0.15) is 10.7 Å². The normalized spacial score (nSPS) is 15.0. The fourth-order valence-corrected chi connectivity index (χ4v) is 3.36. The van der Waals surface area contributed by atoms with Gasteiger partial charge in [0.15, 0.2) is 0 Å². The third kappa shape index (κ3) is 2.18. The van der Waals surface area contributed by atoms with E-state index >= 15 is 0 Å². The third-order valence-corrected chi connectivity index (χ3v) is 4.32. The van der Waals surface area contributed by atoms with Crippen LogP contribution in [0.15, 0.2) is 18.3 Å². The van der Waals surface area contributed by atoms with Crippen LogP contribution in [0.1, 0.15) is 34.9 Å². The van der Waals surface area contributed by atoms with E-state index in [1.807, 2.05) is 19.3 Å². The van der Waals surface area contributed by atoms with Crippen LogP contribution in [-0.4, -0.2) is 17.0 Å². The topological polar surface area (TPSA) is 37.8 Å². The summed E-state index contributed by atoms with van der Waals surface area (Å²) in [6, 6.07) is 4.07. The Hall–Kier alpha value is -1.26. The zero-order chi connectivity index (χ0) is 12.5. The van der Waals surface area contributed by atoms with E-state index < -0.39 is 0 Å². The summed E-state index contributed by atoms with van der Waals surface area (Å²) in [6.45, 7) is 3.01. The molecule has 4 heteroatoms. The summed E-state index contributed by atoms with van der Waals surface area (Å²) in [7, 11) is 1.99. The van der Waals surface area contributed by atoms with Gasteiger partial charge in [-0.25, -0.2) is 4.98 Å². The Kier molecular flexibility index (Phi) is 3.14. The van der Waals surface area contributed by atoms with Gasteiger partial charge in [0, 0.05) is 23.5 Å². The first kappa shape index (κ1) is 11.8. The molecule has 0 aliphatic heterocycles. The van der Waals surface area contributed by atoms with Crippen LogP contribution in [0.4, 0.5) is 0 Å². The van der Waals surface area contributed by atoms with Crippen molar-refractivity contribution in [1.29, 1.82) is 0 Å². The summed E-state index contributed by atoms with van der Waals surface area (Å²) in [5, 5.41) is 4.31. The van der Waals surface area contributed by atoms with E-state index in [-0.39, 0.29) is 0 Å². The van der Waals surface area contributed by atoms with E-state index in [1.165, 1.54) is 29.0 Å². The number of pyridine rings is 1. The van der Waals surface area contributed by atoms with E-state index in [0.29, 0.717) is 5.92 Å². The zero-order valence-corrected chi connectivity index (χ0v) is 11.5. The molecule has 1 aliphatic rings. The van der Waals surface area contributed by atoms with Gasteiger partial charge in [-0.15, -0.1) is 11.3 Å². The Morgan fingerprint density at radius 3 is 2.94 bits per heavy atom. The van der Waals surface area contributed by atoms with Gasteiger partial charge in [-0.3, -0.25) is 4.98 Å². The molecule has 0 aromatic carbocycles. The highest BCUT2D eigenvalue weighted by molar-refractivity contribution is 7.15. The molecule has 3 nitrogen and oxygen atoms in total. The van der Waals surface area contributed by atoms with Crippen molar-refractivity contribution in [2.45, 2.75) is 32.2 Å². The van der Waals surface area contributed by atoms with Gasteiger partial charge in [-0.2, -0.15) is 0 Å². The molecule has 0 radical (unpaired) electrons. The van der Waals surface area contributed by atoms with Crippen molar-refractivity contribution in [3.8, 4) is 10.7 Å². The molecule has 0 amide bonds. The summed E-state index contributed by atoms with van der Waals surface area (Å²) in [6.07, 6.45) is 4.43. The second kappa shape index (κ2) is 4.78. The van der Waals surface area contributed by atoms with Crippen LogP contribution >= 0.6 is 11.3 Å². The summed E-state index contributed by atoms with van der Waals surface area (Å²) in [5.41, 5.74) is 3.53. The van der Waals surface area contributed by atoms with Gasteiger partial charge in [0.05, 0.1) is 5.69 Å². The van der Waals surface area contributed by atoms with Crippen molar-refractivity contribution >= 4 is 11.3 Å². The van der Waals surface area contributed by atoms with Gasteiger partial charge < -0.3 is 5.32 Å². The second-order valence-electron chi connectivity index (χ2n) is 4.80. The summed E-state index contributed by atoms with van der Waals surface area (Å²) < 4.78 is 0. The third-order valence-electron chi connectivity index (χ3n) is 3.24. The Morgan fingerprint density at radius 1 is 1.44 bits per heavy atom. The molecule has 0 saturated heterocycles. The summed E-state index contributed by atoms with van der Waals surface area (Å²) >= 11 is 1.78. The molecule has 94 valence electrons. The first-order valence-electron chi connectivity index (χ1n) is 6.35. The van der Waals surface area contributed by atoms with Gasteiger partial charge in [-0.1, -0.05) is 6.07 Å². The van der Waals surface area contributed by atoms with Crippen molar-refractivity contribution in [3.05, 3.63) is 34.5 Å². The predicted octanol–water partition coefficient (Wildman–Crippen LogP) is 3.11. The summed E-state index contributed by atoms with van der Waals surface area (Å²) in [5.74, 6) is 0.697. The van der Waals surface area contributed by atoms with Gasteiger partial charge >= 0.3 is 0 Å². The number of hydrogen-bond acceptors (Lipinski definition) is 4. The highest BCUT2D eigenvalue weighted by Crippen LogP contribution is 2.44. The van der Waals surface area contributed by atoms with Crippen LogP contribution in [0.25, 0.3) is 10.7 Å². The van der Waals surface area contributed by atoms with E-state index in [4.69, 9.17) is 4.98 Å². The molecule has 0 spiro atoms. The fourth-order valence-electron chi connectivity index (χ4n) is 2.14. The summed E-state index contributed by atoms with van der Waals surface area (Å²) in [4.78, 5) is 10.7. The molecule has 1 fully saturated rings. The quantitative estimate of drug-likeness (QED) is 0.916. The lowest BCUT2D eigenvalue weighted by Crippen LogP contribution is -2.05. The number of thiazole rings is 1. The minimum atomic E-state index is 0.697. The van der Waals surface area contributed by atoms with Crippen LogP contribution in [0.2, 0.25) is 0 Å². The first-order chi connectivity index (χ1) is 8.79. The maximum atomic E-state index is 4.84. The Morgan fingerprint density at radius 2 is 2.28 bits per heavy atom. The van der Waals surface area contributed by atoms with Gasteiger partial charge in [0.2, 0.25) is 0 Å². The number of nitrogens with zero attached hydrogens (tertiary/aromatic N) is 2. The molecule has 1 N–H and O–H groups in total. The van der Waals surface area contributed by atoms with Crippen molar-refractivity contribution in [2.24, 2.45) is 0 Å². The van der Waals surface area contributed by atoms with Crippen LogP contribution in [0.3, 0.4) is 0 Å². The Labute approximate surface area is 111 Å². The fraction of sp³-hybridized carbons (Fsp3) is 0.429. The number of nitrogens with one attached hydrogen (secondary N) is 1. The van der Waals surface area contributed by atoms with E-state index in [0.717, 1.165) is 17.2 Å². The number of hydrogen-bond donors (Lipinski definition) is 1. The molecule has 2 heterocycles. The Balaban J connectivity index is 2.02. The molecule has 0 bridgehead atoms. The monoisotopic (exact) mass is 259 g/mol. The highest BCUT2D eigenvalue weighted by Gasteiger charge is 2.29. The number of aromatic nitrogens is 2. The number of aryl methyl sites for hydroxylation is 1. The van der Waals surface area contributed by atoms with Crippen LogP contribution in [-0.2, 0) is 6.54 Å². The van der Waals surface area contributed by atoms with E-state index in [1.54, 1.807) is 11.3 Å². The predicted molar refractivity (Wildman–Crippen MR) is 74.8 cm³/mol. The van der Waals surface area contributed by atoms with Gasteiger partial charge in [0.25, 0.3) is 0 Å². The SMILES string of the molecule is CNCc1sc(-c2ncccc2C)nc1C1CC1. The van der Waals surface area contributed by atoms with Crippen LogP contribution in [0, 0.1) is 6.92 Å². The molecular weight excluding hydrogens is 242 g/mol. The molecule has 0 unspecified atom stereocenters. The maximum Gasteiger partial charge on any atom is 0.142 e. The lowest BCUT2D eigenvalue weighted by atomic mass is 10.2. The van der Waals surface area contributed by atoms with Crippen molar-refractivity contribution < 1.29 is 0 Å². The standard InChI is InChI=1S/C14H17N3S/c1-9-4-3-7-16-12(9)14-17-13(10-5-6-10)11(18-14)8-15-2/h3-4,7,10,15H,5-6,8H2,1-2H3. The van der Waals surface area contributed by atoms with Crippen molar-refractivity contribution in [1.82, 2.24) is 15.3 Å². The zero-order valence-electron chi connectivity index (χ0n) is 10.7. The highest BCUT2D eigenvalue weighted by atomic mass is 32.1. The minimum absolute atomic E-state index is 0.697. The number of rotatable bonds is 4. The lowest BCUT2D eigenvalue weighted by Gasteiger charge is -1.98. The van der Waals surface area contributed by atoms with Crippen molar-refractivity contribution in [3.63, 3.8) is 0 Å². The van der Waals surface area contributed by atoms with E-state index in [2.05, 4.69) is 23.3 Å².